The van der Waals surface area contributed by atoms with Gasteiger partial charge in [-0.2, -0.15) is 0 Å². The van der Waals surface area contributed by atoms with Gasteiger partial charge in [-0.15, -0.1) is 5.16 Å². The van der Waals surface area contributed by atoms with E-state index in [0.717, 1.165) is 22.0 Å². The molecule has 2 aromatic heterocycles. The summed E-state index contributed by atoms with van der Waals surface area (Å²) in [5.74, 6) is -0.109. The summed E-state index contributed by atoms with van der Waals surface area (Å²) in [5, 5.41) is 14.9. The standard InChI is InChI=1S/C19H17N3O/c1-22-12-17(14-7-3-5-9-19(14)22)16(11-21-23)15-10-20-18-8-4-2-6-13(15)18/h2-12,16,20,23H,1H3/b21-11-. The van der Waals surface area contributed by atoms with Crippen LogP contribution in [-0.2, 0) is 7.05 Å². The molecule has 0 bridgehead atoms. The van der Waals surface area contributed by atoms with Crippen molar-refractivity contribution in [2.75, 3.05) is 0 Å². The number of oxime groups is 1. The van der Waals surface area contributed by atoms with Crippen LogP contribution < -0.4 is 0 Å². The molecule has 0 aliphatic carbocycles. The van der Waals surface area contributed by atoms with Crippen molar-refractivity contribution < 1.29 is 5.21 Å². The fraction of sp³-hybridized carbons (Fsp3) is 0.105. The number of aromatic amines is 1. The molecule has 2 N–H and O–H groups in total. The lowest BCUT2D eigenvalue weighted by atomic mass is 9.92. The Hall–Kier alpha value is -3.01. The van der Waals surface area contributed by atoms with E-state index in [9.17, 15) is 5.21 Å². The van der Waals surface area contributed by atoms with E-state index in [2.05, 4.69) is 45.2 Å². The topological polar surface area (TPSA) is 53.3 Å². The lowest BCUT2D eigenvalue weighted by Gasteiger charge is -2.10. The van der Waals surface area contributed by atoms with Crippen LogP contribution in [0.4, 0.5) is 0 Å². The second-order valence-corrected chi connectivity index (χ2v) is 5.74. The lowest BCUT2D eigenvalue weighted by Crippen LogP contribution is -2.01. The quantitative estimate of drug-likeness (QED) is 0.332. The molecule has 4 aromatic rings. The van der Waals surface area contributed by atoms with E-state index >= 15 is 0 Å². The molecule has 0 aliphatic rings. The zero-order valence-electron chi connectivity index (χ0n) is 12.8. The fourth-order valence-electron chi connectivity index (χ4n) is 3.37. The normalized spacial score (nSPS) is 13.3. The van der Waals surface area contributed by atoms with Gasteiger partial charge in [0.05, 0.1) is 12.1 Å². The maximum absolute atomic E-state index is 9.20. The number of aryl methyl sites for hydroxylation is 1. The number of aromatic nitrogens is 2. The number of hydrogen-bond acceptors (Lipinski definition) is 2. The molecule has 4 nitrogen and oxygen atoms in total. The highest BCUT2D eigenvalue weighted by atomic mass is 16.4. The molecule has 0 saturated carbocycles. The Morgan fingerprint density at radius 1 is 1.04 bits per heavy atom. The highest BCUT2D eigenvalue weighted by molar-refractivity contribution is 5.94. The van der Waals surface area contributed by atoms with E-state index in [4.69, 9.17) is 0 Å². The number of para-hydroxylation sites is 2. The van der Waals surface area contributed by atoms with E-state index in [0.29, 0.717) is 0 Å². The Morgan fingerprint density at radius 2 is 1.78 bits per heavy atom. The summed E-state index contributed by atoms with van der Waals surface area (Å²) in [4.78, 5) is 3.30. The van der Waals surface area contributed by atoms with Crippen molar-refractivity contribution >= 4 is 28.0 Å². The molecule has 0 fully saturated rings. The summed E-state index contributed by atoms with van der Waals surface area (Å²) in [6.07, 6.45) is 5.70. The first-order valence-electron chi connectivity index (χ1n) is 7.57. The Labute approximate surface area is 133 Å². The number of nitrogens with one attached hydrogen (secondary N) is 1. The van der Waals surface area contributed by atoms with Crippen LogP contribution in [-0.4, -0.2) is 21.0 Å². The molecule has 2 aromatic carbocycles. The minimum Gasteiger partial charge on any atom is -0.411 e. The first-order chi connectivity index (χ1) is 11.3. The zero-order chi connectivity index (χ0) is 15.8. The summed E-state index contributed by atoms with van der Waals surface area (Å²) in [6, 6.07) is 16.4. The molecule has 114 valence electrons. The number of benzene rings is 2. The van der Waals surface area contributed by atoms with Gasteiger partial charge >= 0.3 is 0 Å². The minimum atomic E-state index is -0.109. The molecule has 1 unspecified atom stereocenters. The molecule has 0 spiro atoms. The van der Waals surface area contributed by atoms with E-state index < -0.39 is 0 Å². The van der Waals surface area contributed by atoms with Gasteiger partial charge in [-0.3, -0.25) is 0 Å². The highest BCUT2D eigenvalue weighted by Gasteiger charge is 2.20. The molecule has 1 atom stereocenters. The van der Waals surface area contributed by atoms with Crippen LogP contribution in [0.1, 0.15) is 17.0 Å². The zero-order valence-corrected chi connectivity index (χ0v) is 12.8. The van der Waals surface area contributed by atoms with Gasteiger partial charge in [0.15, 0.2) is 0 Å². The van der Waals surface area contributed by atoms with E-state index in [1.54, 1.807) is 6.21 Å². The minimum absolute atomic E-state index is 0.109. The smallest absolute Gasteiger partial charge is 0.0556 e. The number of hydrogen-bond donors (Lipinski definition) is 2. The van der Waals surface area contributed by atoms with Crippen LogP contribution in [0.2, 0.25) is 0 Å². The molecule has 0 amide bonds. The Kier molecular flexibility index (Phi) is 3.15. The maximum atomic E-state index is 9.20. The van der Waals surface area contributed by atoms with Crippen LogP contribution in [0.15, 0.2) is 66.1 Å². The molecule has 4 heteroatoms. The second-order valence-electron chi connectivity index (χ2n) is 5.74. The summed E-state index contributed by atoms with van der Waals surface area (Å²) in [7, 11) is 2.04. The third-order valence-corrected chi connectivity index (χ3v) is 4.43. The van der Waals surface area contributed by atoms with Gasteiger partial charge in [0, 0.05) is 41.2 Å². The molecule has 0 radical (unpaired) electrons. The monoisotopic (exact) mass is 303 g/mol. The van der Waals surface area contributed by atoms with Crippen LogP contribution >= 0.6 is 0 Å². The molecule has 2 heterocycles. The van der Waals surface area contributed by atoms with Crippen molar-refractivity contribution in [1.29, 1.82) is 0 Å². The third kappa shape index (κ3) is 2.11. The van der Waals surface area contributed by atoms with Gasteiger partial charge in [-0.1, -0.05) is 36.4 Å². The van der Waals surface area contributed by atoms with Crippen molar-refractivity contribution in [3.05, 3.63) is 72.1 Å². The maximum Gasteiger partial charge on any atom is 0.0556 e. The molecule has 0 aliphatic heterocycles. The number of H-pyrrole nitrogens is 1. The summed E-state index contributed by atoms with van der Waals surface area (Å²) in [5.41, 5.74) is 4.48. The van der Waals surface area contributed by atoms with Crippen molar-refractivity contribution in [2.24, 2.45) is 12.2 Å². The largest absolute Gasteiger partial charge is 0.411 e. The lowest BCUT2D eigenvalue weighted by molar-refractivity contribution is 0.320. The molecular formula is C19H17N3O. The Bertz CT molecular complexity index is 1010. The first-order valence-corrected chi connectivity index (χ1v) is 7.57. The van der Waals surface area contributed by atoms with Gasteiger partial charge in [-0.25, -0.2) is 0 Å². The van der Waals surface area contributed by atoms with Crippen molar-refractivity contribution in [3.8, 4) is 0 Å². The van der Waals surface area contributed by atoms with Crippen LogP contribution in [0.5, 0.6) is 0 Å². The highest BCUT2D eigenvalue weighted by Crippen LogP contribution is 2.34. The van der Waals surface area contributed by atoms with Crippen LogP contribution in [0.25, 0.3) is 21.8 Å². The van der Waals surface area contributed by atoms with Crippen molar-refractivity contribution in [2.45, 2.75) is 5.92 Å². The Morgan fingerprint density at radius 3 is 2.61 bits per heavy atom. The molecular weight excluding hydrogens is 286 g/mol. The summed E-state index contributed by atoms with van der Waals surface area (Å²) in [6.45, 7) is 0. The average molecular weight is 303 g/mol. The van der Waals surface area contributed by atoms with Gasteiger partial charge in [0.2, 0.25) is 0 Å². The average Bonchev–Trinajstić information content (AvgIpc) is 3.15. The van der Waals surface area contributed by atoms with Gasteiger partial charge in [0.25, 0.3) is 0 Å². The van der Waals surface area contributed by atoms with Crippen LogP contribution in [0, 0.1) is 0 Å². The number of nitrogens with zero attached hydrogens (tertiary/aromatic N) is 2. The van der Waals surface area contributed by atoms with Crippen molar-refractivity contribution in [1.82, 2.24) is 9.55 Å². The first kappa shape index (κ1) is 13.6. The predicted octanol–water partition coefficient (Wildman–Crippen LogP) is 4.25. The van der Waals surface area contributed by atoms with Gasteiger partial charge in [-0.05, 0) is 23.3 Å². The number of rotatable bonds is 3. The van der Waals surface area contributed by atoms with E-state index in [1.807, 2.05) is 37.5 Å². The predicted molar refractivity (Wildman–Crippen MR) is 93.3 cm³/mol. The SMILES string of the molecule is Cn1cc(C(/C=N\O)c2c[nH]c3ccccc23)c2ccccc21. The third-order valence-electron chi connectivity index (χ3n) is 4.43. The summed E-state index contributed by atoms with van der Waals surface area (Å²) < 4.78 is 2.11. The van der Waals surface area contributed by atoms with Crippen molar-refractivity contribution in [3.63, 3.8) is 0 Å². The summed E-state index contributed by atoms with van der Waals surface area (Å²) >= 11 is 0. The van der Waals surface area contributed by atoms with E-state index in [1.165, 1.54) is 10.9 Å². The Balaban J connectivity index is 1.98. The second kappa shape index (κ2) is 5.32. The van der Waals surface area contributed by atoms with Crippen LogP contribution in [0.3, 0.4) is 0 Å². The molecule has 0 saturated heterocycles. The van der Waals surface area contributed by atoms with E-state index in [-0.39, 0.29) is 5.92 Å². The fourth-order valence-corrected chi connectivity index (χ4v) is 3.37. The van der Waals surface area contributed by atoms with Gasteiger partial charge < -0.3 is 14.8 Å². The number of fused-ring (bicyclic) bond motifs is 2. The van der Waals surface area contributed by atoms with Gasteiger partial charge in [0.1, 0.15) is 0 Å². The molecule has 23 heavy (non-hydrogen) atoms. The molecule has 4 rings (SSSR count).